The lowest BCUT2D eigenvalue weighted by molar-refractivity contribution is 0.0699. The highest BCUT2D eigenvalue weighted by atomic mass is 32.1. The van der Waals surface area contributed by atoms with Crippen LogP contribution in [-0.2, 0) is 0 Å². The van der Waals surface area contributed by atoms with Gasteiger partial charge in [0.05, 0.1) is 16.6 Å². The molecule has 9 heteroatoms. The minimum atomic E-state index is -1.02. The van der Waals surface area contributed by atoms with E-state index in [1.54, 1.807) is 13.1 Å². The second-order valence-electron chi connectivity index (χ2n) is 7.51. The zero-order valence-electron chi connectivity index (χ0n) is 17.8. The van der Waals surface area contributed by atoms with Crippen LogP contribution >= 0.6 is 11.5 Å². The highest BCUT2D eigenvalue weighted by Gasteiger charge is 2.19. The van der Waals surface area contributed by atoms with Crippen LogP contribution in [0.3, 0.4) is 0 Å². The Balaban J connectivity index is 1.61. The average molecular weight is 458 g/mol. The number of carbonyl (C=O) groups is 1. The van der Waals surface area contributed by atoms with Crippen LogP contribution in [0.1, 0.15) is 15.9 Å². The van der Waals surface area contributed by atoms with Gasteiger partial charge in [0.15, 0.2) is 5.82 Å². The number of hydrogen-bond donors (Lipinski definition) is 4. The molecule has 0 unspecified atom stereocenters. The van der Waals surface area contributed by atoms with Crippen molar-refractivity contribution in [3.05, 3.63) is 75.4 Å². The number of aryl methyl sites for hydroxylation is 1. The van der Waals surface area contributed by atoms with Crippen LogP contribution in [0.5, 0.6) is 0 Å². The molecule has 0 aliphatic heterocycles. The van der Waals surface area contributed by atoms with E-state index in [2.05, 4.69) is 24.6 Å². The fourth-order valence-electron chi connectivity index (χ4n) is 3.99. The van der Waals surface area contributed by atoms with Crippen molar-refractivity contribution in [2.45, 2.75) is 6.92 Å². The van der Waals surface area contributed by atoms with Crippen LogP contribution in [0.2, 0.25) is 0 Å². The number of carboxylic acid groups (broad SMARTS) is 1. The maximum absolute atomic E-state index is 11.9. The molecule has 164 valence electrons. The number of anilines is 1. The van der Waals surface area contributed by atoms with Gasteiger partial charge in [0, 0.05) is 24.1 Å². The maximum Gasteiger partial charge on any atom is 0.344 e. The maximum atomic E-state index is 11.9. The number of H-pyrrole nitrogens is 2. The van der Waals surface area contributed by atoms with Crippen LogP contribution in [0, 0.1) is 6.92 Å². The van der Waals surface area contributed by atoms with Crippen molar-refractivity contribution in [3.63, 3.8) is 0 Å². The summed E-state index contributed by atoms with van der Waals surface area (Å²) in [5, 5.41) is 12.7. The summed E-state index contributed by atoms with van der Waals surface area (Å²) in [5.41, 5.74) is 6.60. The molecule has 0 bridgehead atoms. The van der Waals surface area contributed by atoms with Gasteiger partial charge < -0.3 is 15.4 Å². The first-order chi connectivity index (χ1) is 16.0. The van der Waals surface area contributed by atoms with E-state index in [1.807, 2.05) is 55.5 Å². The number of fused-ring (bicyclic) bond motifs is 1. The van der Waals surface area contributed by atoms with Gasteiger partial charge >= 0.3 is 10.8 Å². The Bertz CT molecular complexity index is 1560. The van der Waals surface area contributed by atoms with E-state index in [0.29, 0.717) is 22.8 Å². The highest BCUT2D eigenvalue weighted by Crippen LogP contribution is 2.35. The largest absolute Gasteiger partial charge is 0.478 e. The standard InChI is InChI=1S/C24H19N5O3S/c1-12-17(11-18(22(30)31)20-19(12)26-23(25-2)27-20)14-9-7-13(8-10-14)15-5-3-4-6-16(15)21-28-24(32)33-29-21/h3-11H,1-2H3,(H,30,31)(H2,25,26,27)(H,28,29,32). The molecule has 33 heavy (non-hydrogen) atoms. The Morgan fingerprint density at radius 1 is 1.00 bits per heavy atom. The van der Waals surface area contributed by atoms with Crippen LogP contribution in [-0.4, -0.2) is 37.4 Å². The molecule has 0 atom stereocenters. The van der Waals surface area contributed by atoms with E-state index in [0.717, 1.165) is 44.9 Å². The van der Waals surface area contributed by atoms with Crippen molar-refractivity contribution in [3.8, 4) is 33.6 Å². The van der Waals surface area contributed by atoms with Gasteiger partial charge in [-0.15, -0.1) is 0 Å². The van der Waals surface area contributed by atoms with Gasteiger partial charge in [-0.2, -0.15) is 4.98 Å². The van der Waals surface area contributed by atoms with Gasteiger partial charge in [-0.25, -0.2) is 9.78 Å². The average Bonchev–Trinajstić information content (AvgIpc) is 3.46. The quantitative estimate of drug-likeness (QED) is 0.302. The van der Waals surface area contributed by atoms with Crippen LogP contribution < -0.4 is 10.2 Å². The second kappa shape index (κ2) is 8.03. The van der Waals surface area contributed by atoms with E-state index in [1.165, 1.54) is 0 Å². The van der Waals surface area contributed by atoms with Gasteiger partial charge in [-0.1, -0.05) is 48.5 Å². The first kappa shape index (κ1) is 20.7. The molecule has 0 amide bonds. The van der Waals surface area contributed by atoms with E-state index >= 15 is 0 Å². The monoisotopic (exact) mass is 457 g/mol. The number of hydrogen-bond acceptors (Lipinski definition) is 6. The molecule has 5 rings (SSSR count). The number of aromatic carboxylic acids is 1. The predicted octanol–water partition coefficient (Wildman–Crippen LogP) is 4.76. The van der Waals surface area contributed by atoms with Crippen molar-refractivity contribution < 1.29 is 9.90 Å². The van der Waals surface area contributed by atoms with Crippen LogP contribution in [0.25, 0.3) is 44.7 Å². The van der Waals surface area contributed by atoms with E-state index in [-0.39, 0.29) is 10.4 Å². The summed E-state index contributed by atoms with van der Waals surface area (Å²) < 4.78 is 2.96. The van der Waals surface area contributed by atoms with E-state index in [4.69, 9.17) is 0 Å². The summed E-state index contributed by atoms with van der Waals surface area (Å²) in [4.78, 5) is 34.8. The lowest BCUT2D eigenvalue weighted by Gasteiger charge is -2.11. The Morgan fingerprint density at radius 3 is 2.27 bits per heavy atom. The Hall–Kier alpha value is -4.24. The predicted molar refractivity (Wildman–Crippen MR) is 130 cm³/mol. The third-order valence-electron chi connectivity index (χ3n) is 5.62. The molecule has 5 aromatic rings. The van der Waals surface area contributed by atoms with E-state index in [9.17, 15) is 14.7 Å². The molecule has 0 spiro atoms. The number of benzene rings is 3. The molecule has 3 aromatic carbocycles. The van der Waals surface area contributed by atoms with Crippen molar-refractivity contribution in [2.24, 2.45) is 0 Å². The minimum Gasteiger partial charge on any atom is -0.478 e. The topological polar surface area (TPSA) is 124 Å². The third kappa shape index (κ3) is 3.58. The van der Waals surface area contributed by atoms with Crippen molar-refractivity contribution >= 4 is 34.5 Å². The minimum absolute atomic E-state index is 0.168. The summed E-state index contributed by atoms with van der Waals surface area (Å²) in [7, 11) is 1.73. The molecular weight excluding hydrogens is 438 g/mol. The van der Waals surface area contributed by atoms with Crippen molar-refractivity contribution in [1.29, 1.82) is 0 Å². The molecule has 0 saturated carbocycles. The summed E-state index contributed by atoms with van der Waals surface area (Å²) in [6.07, 6.45) is 0. The summed E-state index contributed by atoms with van der Waals surface area (Å²) >= 11 is 0.960. The third-order valence-corrected chi connectivity index (χ3v) is 6.18. The number of aromatic amines is 2. The Kier molecular flexibility index (Phi) is 5.02. The zero-order chi connectivity index (χ0) is 23.1. The first-order valence-electron chi connectivity index (χ1n) is 10.2. The normalized spacial score (nSPS) is 11.1. The number of rotatable bonds is 5. The van der Waals surface area contributed by atoms with Gasteiger partial charge in [0.25, 0.3) is 0 Å². The summed E-state index contributed by atoms with van der Waals surface area (Å²) in [6.45, 7) is 1.94. The molecule has 8 nitrogen and oxygen atoms in total. The number of nitrogens with zero attached hydrogens (tertiary/aromatic N) is 2. The molecule has 2 aromatic heterocycles. The number of nitrogens with one attached hydrogen (secondary N) is 3. The van der Waals surface area contributed by atoms with Gasteiger partial charge in [0.2, 0.25) is 5.95 Å². The van der Waals surface area contributed by atoms with Crippen LogP contribution in [0.4, 0.5) is 5.95 Å². The fraction of sp³-hybridized carbons (Fsp3) is 0.0833. The number of aromatic nitrogens is 4. The lowest BCUT2D eigenvalue weighted by Crippen LogP contribution is -2.00. The number of imidazole rings is 1. The Labute approximate surface area is 192 Å². The van der Waals surface area contributed by atoms with Crippen LogP contribution in [0.15, 0.2) is 59.4 Å². The highest BCUT2D eigenvalue weighted by molar-refractivity contribution is 7.03. The molecule has 4 N–H and O–H groups in total. The van der Waals surface area contributed by atoms with E-state index < -0.39 is 5.97 Å². The zero-order valence-corrected chi connectivity index (χ0v) is 18.6. The summed E-state index contributed by atoms with van der Waals surface area (Å²) in [5.74, 6) is 0.0334. The fourth-order valence-corrected chi connectivity index (χ4v) is 4.47. The van der Waals surface area contributed by atoms with Gasteiger partial charge in [0.1, 0.15) is 0 Å². The first-order valence-corrected chi connectivity index (χ1v) is 11.0. The number of carboxylic acids is 1. The van der Waals surface area contributed by atoms with Gasteiger partial charge in [-0.3, -0.25) is 9.17 Å². The molecule has 2 heterocycles. The molecule has 0 aliphatic rings. The Morgan fingerprint density at radius 2 is 1.67 bits per heavy atom. The smallest absolute Gasteiger partial charge is 0.344 e. The lowest BCUT2D eigenvalue weighted by atomic mass is 9.93. The second-order valence-corrected chi connectivity index (χ2v) is 8.27. The molecular formula is C24H19N5O3S. The molecule has 0 aliphatic carbocycles. The van der Waals surface area contributed by atoms with Crippen molar-refractivity contribution in [2.75, 3.05) is 12.4 Å². The summed E-state index contributed by atoms with van der Waals surface area (Å²) in [6, 6.07) is 17.3. The molecule has 0 saturated heterocycles. The SMILES string of the molecule is CNc1nc2c(C)c(-c3ccc(-c4ccccc4-c4nc(=O)s[nH]4)cc3)cc(C(=O)O)c2[nH]1. The molecule has 0 radical (unpaired) electrons. The van der Waals surface area contributed by atoms with Gasteiger partial charge in [-0.05, 0) is 40.8 Å². The molecule has 0 fully saturated rings. The van der Waals surface area contributed by atoms with Crippen molar-refractivity contribution in [1.82, 2.24) is 19.3 Å².